The maximum atomic E-state index is 13.4. The molecule has 1 aromatic carbocycles. The summed E-state index contributed by atoms with van der Waals surface area (Å²) in [6.07, 6.45) is 4.71. The van der Waals surface area contributed by atoms with E-state index in [1.807, 2.05) is 0 Å². The van der Waals surface area contributed by atoms with E-state index < -0.39 is 11.8 Å². The van der Waals surface area contributed by atoms with Gasteiger partial charge in [0, 0.05) is 0 Å². The molecule has 2 rings (SSSR count). The third kappa shape index (κ3) is 2.96. The average molecular weight is 238 g/mol. The van der Waals surface area contributed by atoms with Crippen molar-refractivity contribution in [2.45, 2.75) is 25.7 Å². The van der Waals surface area contributed by atoms with Crippen molar-refractivity contribution in [1.29, 1.82) is 0 Å². The summed E-state index contributed by atoms with van der Waals surface area (Å²) in [6.45, 7) is 0.494. The smallest absolute Gasteiger partial charge is 0.335 e. The van der Waals surface area contributed by atoms with Crippen LogP contribution in [0.5, 0.6) is 5.75 Å². The predicted octanol–water partition coefficient (Wildman–Crippen LogP) is 3.09. The summed E-state index contributed by atoms with van der Waals surface area (Å²) in [5.74, 6) is -0.894. The zero-order valence-corrected chi connectivity index (χ0v) is 9.49. The molecule has 0 aromatic heterocycles. The lowest BCUT2D eigenvalue weighted by Crippen LogP contribution is -2.14. The summed E-state index contributed by atoms with van der Waals surface area (Å²) in [7, 11) is 0. The molecule has 1 aliphatic rings. The second kappa shape index (κ2) is 5.17. The lowest BCUT2D eigenvalue weighted by Gasteiger charge is -2.25. The first-order chi connectivity index (χ1) is 8.16. The van der Waals surface area contributed by atoms with Crippen LogP contribution in [0.1, 0.15) is 36.0 Å². The molecule has 92 valence electrons. The summed E-state index contributed by atoms with van der Waals surface area (Å²) >= 11 is 0. The summed E-state index contributed by atoms with van der Waals surface area (Å²) < 4.78 is 18.8. The largest absolute Gasteiger partial charge is 0.491 e. The fourth-order valence-electron chi connectivity index (χ4n) is 1.87. The van der Waals surface area contributed by atoms with Crippen molar-refractivity contribution >= 4 is 5.97 Å². The minimum atomic E-state index is -1.13. The van der Waals surface area contributed by atoms with Crippen molar-refractivity contribution < 1.29 is 19.0 Å². The molecule has 0 heterocycles. The number of aromatic carboxylic acids is 1. The number of ether oxygens (including phenoxy) is 1. The molecule has 1 aliphatic carbocycles. The Morgan fingerprint density at radius 2 is 2.24 bits per heavy atom. The molecule has 4 heteroatoms. The number of carbonyl (C=O) groups is 1. The van der Waals surface area contributed by atoms with E-state index in [1.54, 1.807) is 0 Å². The number of halogens is 1. The zero-order valence-electron chi connectivity index (χ0n) is 9.49. The number of carboxylic acid groups (broad SMARTS) is 1. The quantitative estimate of drug-likeness (QED) is 0.857. The molecule has 0 unspecified atom stereocenters. The Balaban J connectivity index is 1.89. The minimum absolute atomic E-state index is 0.0613. The Morgan fingerprint density at radius 1 is 1.47 bits per heavy atom. The number of rotatable bonds is 5. The topological polar surface area (TPSA) is 46.5 Å². The molecule has 1 saturated carbocycles. The fraction of sp³-hybridized carbons (Fsp3) is 0.462. The summed E-state index contributed by atoms with van der Waals surface area (Å²) in [6, 6.07) is 3.71. The molecule has 0 amide bonds. The molecular formula is C13H15FO3. The van der Waals surface area contributed by atoms with Gasteiger partial charge >= 0.3 is 5.97 Å². The number of benzene rings is 1. The Bertz CT molecular complexity index is 413. The highest BCUT2D eigenvalue weighted by Gasteiger charge is 2.17. The fourth-order valence-corrected chi connectivity index (χ4v) is 1.87. The van der Waals surface area contributed by atoms with Crippen LogP contribution in [0.15, 0.2) is 18.2 Å². The highest BCUT2D eigenvalue weighted by atomic mass is 19.1. The molecule has 3 nitrogen and oxygen atoms in total. The van der Waals surface area contributed by atoms with E-state index in [2.05, 4.69) is 0 Å². The van der Waals surface area contributed by atoms with Gasteiger partial charge in [-0.2, -0.15) is 0 Å². The Kier molecular flexibility index (Phi) is 3.61. The lowest BCUT2D eigenvalue weighted by atomic mass is 9.83. The molecular weight excluding hydrogens is 223 g/mol. The van der Waals surface area contributed by atoms with Gasteiger partial charge in [0.05, 0.1) is 12.2 Å². The van der Waals surface area contributed by atoms with Gasteiger partial charge in [-0.3, -0.25) is 0 Å². The van der Waals surface area contributed by atoms with Gasteiger partial charge in [0.1, 0.15) is 0 Å². The van der Waals surface area contributed by atoms with E-state index in [4.69, 9.17) is 9.84 Å². The Hall–Kier alpha value is -1.58. The van der Waals surface area contributed by atoms with Gasteiger partial charge < -0.3 is 9.84 Å². The van der Waals surface area contributed by atoms with Gasteiger partial charge in [-0.1, -0.05) is 19.3 Å². The van der Waals surface area contributed by atoms with E-state index in [1.165, 1.54) is 31.4 Å². The number of hydrogen-bond donors (Lipinski definition) is 1. The molecule has 0 saturated heterocycles. The SMILES string of the molecule is O=C(O)c1ccc(OCCC2CCC2)c(F)c1. The van der Waals surface area contributed by atoms with E-state index in [-0.39, 0.29) is 11.3 Å². The maximum Gasteiger partial charge on any atom is 0.335 e. The van der Waals surface area contributed by atoms with Gasteiger partial charge in [-0.25, -0.2) is 9.18 Å². The highest BCUT2D eigenvalue weighted by molar-refractivity contribution is 5.87. The van der Waals surface area contributed by atoms with Crippen LogP contribution in [-0.4, -0.2) is 17.7 Å². The second-order valence-electron chi connectivity index (χ2n) is 4.38. The zero-order chi connectivity index (χ0) is 12.3. The van der Waals surface area contributed by atoms with Gasteiger partial charge in [-0.15, -0.1) is 0 Å². The first kappa shape index (κ1) is 11.9. The second-order valence-corrected chi connectivity index (χ2v) is 4.38. The van der Waals surface area contributed by atoms with Crippen LogP contribution in [0.25, 0.3) is 0 Å². The molecule has 0 spiro atoms. The molecule has 0 bridgehead atoms. The van der Waals surface area contributed by atoms with E-state index >= 15 is 0 Å². The van der Waals surface area contributed by atoms with Gasteiger partial charge in [0.25, 0.3) is 0 Å². The summed E-state index contributed by atoms with van der Waals surface area (Å²) in [5, 5.41) is 8.68. The van der Waals surface area contributed by atoms with Crippen molar-refractivity contribution in [2.75, 3.05) is 6.61 Å². The van der Waals surface area contributed by atoms with Crippen LogP contribution < -0.4 is 4.74 Å². The standard InChI is InChI=1S/C13H15FO3/c14-11-8-10(13(15)16)4-5-12(11)17-7-6-9-2-1-3-9/h4-5,8-9H,1-3,6-7H2,(H,15,16). The molecule has 1 fully saturated rings. The number of carboxylic acids is 1. The Morgan fingerprint density at radius 3 is 2.76 bits per heavy atom. The predicted molar refractivity (Wildman–Crippen MR) is 60.8 cm³/mol. The van der Waals surface area contributed by atoms with Crippen molar-refractivity contribution in [3.8, 4) is 5.75 Å². The van der Waals surface area contributed by atoms with Crippen molar-refractivity contribution in [1.82, 2.24) is 0 Å². The third-order valence-corrected chi connectivity index (χ3v) is 3.19. The molecule has 1 N–H and O–H groups in total. The van der Waals surface area contributed by atoms with Crippen LogP contribution in [0.4, 0.5) is 4.39 Å². The summed E-state index contributed by atoms with van der Waals surface area (Å²) in [5.41, 5.74) is -0.0613. The van der Waals surface area contributed by atoms with Crippen LogP contribution in [-0.2, 0) is 0 Å². The van der Waals surface area contributed by atoms with E-state index in [0.29, 0.717) is 6.61 Å². The highest BCUT2D eigenvalue weighted by Crippen LogP contribution is 2.29. The molecule has 17 heavy (non-hydrogen) atoms. The first-order valence-electron chi connectivity index (χ1n) is 5.82. The van der Waals surface area contributed by atoms with Crippen molar-refractivity contribution in [2.24, 2.45) is 5.92 Å². The van der Waals surface area contributed by atoms with Gasteiger partial charge in [-0.05, 0) is 30.5 Å². The average Bonchev–Trinajstić information content (AvgIpc) is 2.23. The first-order valence-corrected chi connectivity index (χ1v) is 5.82. The van der Waals surface area contributed by atoms with Gasteiger partial charge in [0.15, 0.2) is 11.6 Å². The van der Waals surface area contributed by atoms with Crippen LogP contribution in [0.2, 0.25) is 0 Å². The van der Waals surface area contributed by atoms with E-state index in [9.17, 15) is 9.18 Å². The summed E-state index contributed by atoms with van der Waals surface area (Å²) in [4.78, 5) is 10.6. The lowest BCUT2D eigenvalue weighted by molar-refractivity contribution is 0.0696. The minimum Gasteiger partial charge on any atom is -0.491 e. The van der Waals surface area contributed by atoms with Crippen molar-refractivity contribution in [3.63, 3.8) is 0 Å². The molecule has 0 aliphatic heterocycles. The van der Waals surface area contributed by atoms with Crippen LogP contribution >= 0.6 is 0 Å². The van der Waals surface area contributed by atoms with Crippen LogP contribution in [0, 0.1) is 11.7 Å². The molecule has 0 radical (unpaired) electrons. The Labute approximate surface area is 99.2 Å². The molecule has 1 aromatic rings. The monoisotopic (exact) mass is 238 g/mol. The number of hydrogen-bond acceptors (Lipinski definition) is 2. The third-order valence-electron chi connectivity index (χ3n) is 3.19. The normalized spacial score (nSPS) is 15.4. The van der Waals surface area contributed by atoms with Gasteiger partial charge in [0.2, 0.25) is 0 Å². The van der Waals surface area contributed by atoms with Crippen LogP contribution in [0.3, 0.4) is 0 Å². The maximum absolute atomic E-state index is 13.4. The van der Waals surface area contributed by atoms with Crippen molar-refractivity contribution in [3.05, 3.63) is 29.6 Å². The van der Waals surface area contributed by atoms with E-state index in [0.717, 1.165) is 18.4 Å². The molecule has 0 atom stereocenters.